The van der Waals surface area contributed by atoms with Gasteiger partial charge in [0.15, 0.2) is 0 Å². The van der Waals surface area contributed by atoms with E-state index in [0.29, 0.717) is 0 Å². The molecule has 0 bridgehead atoms. The van der Waals surface area contributed by atoms with Crippen molar-refractivity contribution in [3.8, 4) is 0 Å². The van der Waals surface area contributed by atoms with Crippen molar-refractivity contribution < 1.29 is 0 Å². The van der Waals surface area contributed by atoms with E-state index in [0.717, 1.165) is 18.3 Å². The lowest BCUT2D eigenvalue weighted by atomic mass is 10.1. The number of hydrogen-bond donors (Lipinski definition) is 1. The molecule has 3 heteroatoms. The Labute approximate surface area is 86.5 Å². The number of nitrogens with zero attached hydrogens (tertiary/aromatic N) is 2. The molecule has 0 aliphatic rings. The molecule has 0 radical (unpaired) electrons. The van der Waals surface area contributed by atoms with Crippen LogP contribution in [0.3, 0.4) is 0 Å². The second kappa shape index (κ2) is 5.03. The van der Waals surface area contributed by atoms with Crippen molar-refractivity contribution in [2.24, 2.45) is 13.0 Å². The maximum atomic E-state index is 4.35. The van der Waals surface area contributed by atoms with Gasteiger partial charge in [0, 0.05) is 25.4 Å². The minimum absolute atomic E-state index is 0.724. The van der Waals surface area contributed by atoms with Crippen molar-refractivity contribution in [2.75, 3.05) is 11.9 Å². The number of rotatable bonds is 5. The third kappa shape index (κ3) is 3.05. The molecule has 1 heterocycles. The lowest BCUT2D eigenvalue weighted by molar-refractivity contribution is 0.549. The maximum Gasteiger partial charge on any atom is 0.148 e. The highest BCUT2D eigenvalue weighted by Gasteiger charge is 2.03. The summed E-state index contributed by atoms with van der Waals surface area (Å²) in [6.45, 7) is 7.58. The molecule has 0 aliphatic heterocycles. The van der Waals surface area contributed by atoms with Gasteiger partial charge in [0.2, 0.25) is 0 Å². The van der Waals surface area contributed by atoms with Crippen molar-refractivity contribution in [1.29, 1.82) is 0 Å². The van der Waals surface area contributed by atoms with Gasteiger partial charge in [0.25, 0.3) is 0 Å². The van der Waals surface area contributed by atoms with E-state index in [9.17, 15) is 0 Å². The molecule has 0 aliphatic carbocycles. The number of anilines is 1. The van der Waals surface area contributed by atoms with E-state index in [1.807, 2.05) is 11.7 Å². The normalized spacial score (nSPS) is 12.9. The van der Waals surface area contributed by atoms with Crippen LogP contribution in [0.5, 0.6) is 0 Å². The van der Waals surface area contributed by atoms with Gasteiger partial charge >= 0.3 is 0 Å². The Morgan fingerprint density at radius 3 is 2.79 bits per heavy atom. The Kier molecular flexibility index (Phi) is 3.98. The average Bonchev–Trinajstić information content (AvgIpc) is 2.44. The highest BCUT2D eigenvalue weighted by atomic mass is 15.3. The molecule has 1 rings (SSSR count). The number of hydrogen-bond acceptors (Lipinski definition) is 2. The molecule has 3 nitrogen and oxygen atoms in total. The highest BCUT2D eigenvalue weighted by molar-refractivity contribution is 5.35. The molecule has 0 saturated carbocycles. The van der Waals surface area contributed by atoms with Gasteiger partial charge < -0.3 is 5.32 Å². The van der Waals surface area contributed by atoms with Crippen molar-refractivity contribution in [3.63, 3.8) is 0 Å². The fourth-order valence-electron chi connectivity index (χ4n) is 1.52. The van der Waals surface area contributed by atoms with Crippen molar-refractivity contribution in [3.05, 3.63) is 11.8 Å². The predicted octanol–water partition coefficient (Wildman–Crippen LogP) is 2.58. The number of aryl methyl sites for hydroxylation is 2. The minimum atomic E-state index is 0.724. The standard InChI is InChI=1S/C11H21N3/c1-5-6-9(2)8-12-11-7-10(3)14(4)13-11/h7,9H,5-6,8H2,1-4H3,(H,12,13). The average molecular weight is 195 g/mol. The van der Waals surface area contributed by atoms with Crippen LogP contribution in [0.4, 0.5) is 5.82 Å². The molecule has 0 spiro atoms. The molecule has 1 aromatic heterocycles. The zero-order valence-corrected chi connectivity index (χ0v) is 9.67. The van der Waals surface area contributed by atoms with Gasteiger partial charge in [0.05, 0.1) is 0 Å². The third-order valence-electron chi connectivity index (χ3n) is 2.53. The van der Waals surface area contributed by atoms with Gasteiger partial charge in [-0.05, 0) is 19.3 Å². The largest absolute Gasteiger partial charge is 0.368 e. The van der Waals surface area contributed by atoms with Crippen LogP contribution >= 0.6 is 0 Å². The van der Waals surface area contributed by atoms with Gasteiger partial charge in [-0.3, -0.25) is 4.68 Å². The summed E-state index contributed by atoms with van der Waals surface area (Å²) < 4.78 is 1.90. The van der Waals surface area contributed by atoms with Crippen LogP contribution in [0.15, 0.2) is 6.07 Å². The summed E-state index contributed by atoms with van der Waals surface area (Å²) in [5, 5.41) is 7.71. The van der Waals surface area contributed by atoms with Crippen molar-refractivity contribution >= 4 is 5.82 Å². The molecule has 0 saturated heterocycles. The zero-order chi connectivity index (χ0) is 10.6. The summed E-state index contributed by atoms with van der Waals surface area (Å²) in [7, 11) is 1.97. The van der Waals surface area contributed by atoms with E-state index in [2.05, 4.69) is 37.3 Å². The lowest BCUT2D eigenvalue weighted by Gasteiger charge is -2.10. The second-order valence-electron chi connectivity index (χ2n) is 4.07. The van der Waals surface area contributed by atoms with E-state index in [4.69, 9.17) is 0 Å². The van der Waals surface area contributed by atoms with E-state index in [1.165, 1.54) is 18.5 Å². The first-order valence-electron chi connectivity index (χ1n) is 5.38. The predicted molar refractivity (Wildman–Crippen MR) is 60.5 cm³/mol. The van der Waals surface area contributed by atoms with Crippen LogP contribution < -0.4 is 5.32 Å². The van der Waals surface area contributed by atoms with Gasteiger partial charge in [-0.2, -0.15) is 5.10 Å². The monoisotopic (exact) mass is 195 g/mol. The van der Waals surface area contributed by atoms with Crippen LogP contribution in [0.25, 0.3) is 0 Å². The molecule has 0 amide bonds. The smallest absolute Gasteiger partial charge is 0.148 e. The Hall–Kier alpha value is -0.990. The number of nitrogens with one attached hydrogen (secondary N) is 1. The minimum Gasteiger partial charge on any atom is -0.368 e. The SMILES string of the molecule is CCCC(C)CNc1cc(C)n(C)n1. The Morgan fingerprint density at radius 2 is 2.29 bits per heavy atom. The Balaban J connectivity index is 2.38. The molecule has 0 fully saturated rings. The molecular formula is C11H21N3. The Morgan fingerprint density at radius 1 is 1.57 bits per heavy atom. The van der Waals surface area contributed by atoms with Crippen LogP contribution in [0, 0.1) is 12.8 Å². The van der Waals surface area contributed by atoms with Crippen LogP contribution in [0.2, 0.25) is 0 Å². The van der Waals surface area contributed by atoms with Gasteiger partial charge in [-0.25, -0.2) is 0 Å². The second-order valence-corrected chi connectivity index (χ2v) is 4.07. The fraction of sp³-hybridized carbons (Fsp3) is 0.727. The van der Waals surface area contributed by atoms with E-state index < -0.39 is 0 Å². The lowest BCUT2D eigenvalue weighted by Crippen LogP contribution is -2.11. The molecule has 80 valence electrons. The topological polar surface area (TPSA) is 29.9 Å². The zero-order valence-electron chi connectivity index (χ0n) is 9.67. The maximum absolute atomic E-state index is 4.35. The highest BCUT2D eigenvalue weighted by Crippen LogP contribution is 2.09. The third-order valence-corrected chi connectivity index (χ3v) is 2.53. The van der Waals surface area contributed by atoms with Gasteiger partial charge in [0.1, 0.15) is 5.82 Å². The first-order chi connectivity index (χ1) is 6.63. The summed E-state index contributed by atoms with van der Waals surface area (Å²) in [6, 6.07) is 2.08. The fourth-order valence-corrected chi connectivity index (χ4v) is 1.52. The summed E-state index contributed by atoms with van der Waals surface area (Å²) in [5.74, 6) is 1.72. The quantitative estimate of drug-likeness (QED) is 0.782. The van der Waals surface area contributed by atoms with Crippen molar-refractivity contribution in [2.45, 2.75) is 33.6 Å². The van der Waals surface area contributed by atoms with Crippen LogP contribution in [-0.4, -0.2) is 16.3 Å². The van der Waals surface area contributed by atoms with Crippen LogP contribution in [-0.2, 0) is 7.05 Å². The molecule has 1 unspecified atom stereocenters. The summed E-state index contributed by atoms with van der Waals surface area (Å²) in [4.78, 5) is 0. The van der Waals surface area contributed by atoms with Crippen molar-refractivity contribution in [1.82, 2.24) is 9.78 Å². The summed E-state index contributed by atoms with van der Waals surface area (Å²) in [5.41, 5.74) is 1.19. The Bertz CT molecular complexity index is 259. The van der Waals surface area contributed by atoms with E-state index >= 15 is 0 Å². The van der Waals surface area contributed by atoms with Gasteiger partial charge in [-0.15, -0.1) is 0 Å². The summed E-state index contributed by atoms with van der Waals surface area (Å²) in [6.07, 6.45) is 2.53. The first kappa shape index (κ1) is 11.1. The summed E-state index contributed by atoms with van der Waals surface area (Å²) >= 11 is 0. The molecule has 14 heavy (non-hydrogen) atoms. The molecule has 0 aromatic carbocycles. The first-order valence-corrected chi connectivity index (χ1v) is 5.38. The molecule has 1 N–H and O–H groups in total. The van der Waals surface area contributed by atoms with Crippen LogP contribution in [0.1, 0.15) is 32.4 Å². The molecule has 1 aromatic rings. The molecule has 1 atom stereocenters. The number of aromatic nitrogens is 2. The van der Waals surface area contributed by atoms with E-state index in [1.54, 1.807) is 0 Å². The molecular weight excluding hydrogens is 174 g/mol. The van der Waals surface area contributed by atoms with Gasteiger partial charge in [-0.1, -0.05) is 20.3 Å². The van der Waals surface area contributed by atoms with E-state index in [-0.39, 0.29) is 0 Å².